The number of allylic oxidation sites excluding steroid dienone is 1. The lowest BCUT2D eigenvalue weighted by Gasteiger charge is -2.02. The molecule has 0 aliphatic rings. The van der Waals surface area contributed by atoms with Gasteiger partial charge in [-0.1, -0.05) is 50.2 Å². The van der Waals surface area contributed by atoms with Gasteiger partial charge < -0.3 is 5.11 Å². The van der Waals surface area contributed by atoms with Gasteiger partial charge in [-0.3, -0.25) is 9.98 Å². The third kappa shape index (κ3) is 7.12. The minimum Gasteiger partial charge on any atom is -0.478 e. The zero-order valence-corrected chi connectivity index (χ0v) is 17.6. The van der Waals surface area contributed by atoms with Gasteiger partial charge in [0.2, 0.25) is 0 Å². The molecule has 0 amide bonds. The fourth-order valence-corrected chi connectivity index (χ4v) is 2.58. The molecule has 0 radical (unpaired) electrons. The summed E-state index contributed by atoms with van der Waals surface area (Å²) in [4.78, 5) is 19.1. The van der Waals surface area contributed by atoms with E-state index < -0.39 is 5.97 Å². The quantitative estimate of drug-likeness (QED) is 0.374. The summed E-state index contributed by atoms with van der Waals surface area (Å²) in [6.07, 6.45) is 6.89. The van der Waals surface area contributed by atoms with E-state index in [0.29, 0.717) is 11.4 Å². The Hall–Kier alpha value is -2.72. The van der Waals surface area contributed by atoms with Crippen LogP contribution in [0, 0.1) is 0 Å². The molecule has 0 aliphatic heterocycles. The van der Waals surface area contributed by atoms with Crippen LogP contribution in [-0.4, -0.2) is 21.8 Å². The molecule has 28 heavy (non-hydrogen) atoms. The topological polar surface area (TPSA) is 62.5 Å². The molecule has 0 unspecified atom stereocenters. The first kappa shape index (κ1) is 23.3. The molecule has 0 aliphatic carbocycles. The lowest BCUT2D eigenvalue weighted by atomic mass is 10.1. The Balaban J connectivity index is 0.000000307. The van der Waals surface area contributed by atoms with Crippen LogP contribution in [0.25, 0.3) is 0 Å². The number of carbonyl (C=O) groups is 1. The predicted octanol–water partition coefficient (Wildman–Crippen LogP) is 5.90. The molecule has 2 rings (SSSR count). The van der Waals surface area contributed by atoms with Crippen LogP contribution in [0.3, 0.4) is 0 Å². The third-order valence-electron chi connectivity index (χ3n) is 4.17. The maximum Gasteiger partial charge on any atom is 0.333 e. The van der Waals surface area contributed by atoms with E-state index >= 15 is 0 Å². The van der Waals surface area contributed by atoms with Gasteiger partial charge in [-0.2, -0.15) is 0 Å². The van der Waals surface area contributed by atoms with Crippen molar-refractivity contribution in [3.63, 3.8) is 0 Å². The molecular weight excluding hydrogens is 372 g/mol. The molecular formula is C23H27ClN2O2. The summed E-state index contributed by atoms with van der Waals surface area (Å²) < 4.78 is 0. The van der Waals surface area contributed by atoms with Crippen molar-refractivity contribution in [1.29, 1.82) is 0 Å². The number of halogens is 1. The van der Waals surface area contributed by atoms with Crippen LogP contribution in [-0.2, 0) is 17.6 Å². The van der Waals surface area contributed by atoms with Gasteiger partial charge in [0.15, 0.2) is 0 Å². The number of carboxylic acid groups (broad SMARTS) is 1. The van der Waals surface area contributed by atoms with Crippen LogP contribution in [0.4, 0.5) is 0 Å². The van der Waals surface area contributed by atoms with Gasteiger partial charge in [-0.25, -0.2) is 4.79 Å². The summed E-state index contributed by atoms with van der Waals surface area (Å²) in [7, 11) is 0. The molecule has 1 aromatic carbocycles. The zero-order valence-electron chi connectivity index (χ0n) is 16.9. The van der Waals surface area contributed by atoms with Crippen molar-refractivity contribution < 1.29 is 9.90 Å². The summed E-state index contributed by atoms with van der Waals surface area (Å²) >= 11 is 5.95. The SMILES string of the molecule is C=C/C(N=C(C)c1cccnc1)=C(/C)C(=O)O.CCc1ccc(Cl)c(CC)c1. The van der Waals surface area contributed by atoms with E-state index in [1.54, 1.807) is 25.4 Å². The highest BCUT2D eigenvalue weighted by Crippen LogP contribution is 2.18. The number of rotatable bonds is 6. The average molecular weight is 399 g/mol. The third-order valence-corrected chi connectivity index (χ3v) is 4.53. The molecule has 4 nitrogen and oxygen atoms in total. The van der Waals surface area contributed by atoms with Crippen molar-refractivity contribution in [2.24, 2.45) is 4.99 Å². The summed E-state index contributed by atoms with van der Waals surface area (Å²) in [5.41, 5.74) is 4.71. The predicted molar refractivity (Wildman–Crippen MR) is 117 cm³/mol. The van der Waals surface area contributed by atoms with Gasteiger partial charge in [0.25, 0.3) is 0 Å². The number of pyridine rings is 1. The number of benzene rings is 1. The van der Waals surface area contributed by atoms with E-state index in [4.69, 9.17) is 16.7 Å². The van der Waals surface area contributed by atoms with Gasteiger partial charge in [-0.05, 0) is 56.0 Å². The van der Waals surface area contributed by atoms with Crippen LogP contribution >= 0.6 is 11.6 Å². The molecule has 0 atom stereocenters. The second-order valence-corrected chi connectivity index (χ2v) is 6.50. The number of aliphatic carboxylic acids is 1. The standard InChI is InChI=1S/C13H14N2O2.C10H13Cl/c1-4-12(9(2)13(16)17)15-10(3)11-6-5-7-14-8-11;1-3-8-5-6-10(11)9(4-2)7-8/h4-8H,1H2,2-3H3,(H,16,17);5-7H,3-4H2,1-2H3/b12-9+,15-10?;. The maximum atomic E-state index is 10.8. The Kier molecular flexibility index (Phi) is 9.89. The number of nitrogens with zero attached hydrogens (tertiary/aromatic N) is 2. The summed E-state index contributed by atoms with van der Waals surface area (Å²) in [6.45, 7) is 11.1. The van der Waals surface area contributed by atoms with Gasteiger partial charge in [0, 0.05) is 28.7 Å². The van der Waals surface area contributed by atoms with Crippen LogP contribution in [0.5, 0.6) is 0 Å². The van der Waals surface area contributed by atoms with Crippen molar-refractivity contribution in [3.05, 3.63) is 88.4 Å². The molecule has 0 saturated carbocycles. The monoisotopic (exact) mass is 398 g/mol. The smallest absolute Gasteiger partial charge is 0.333 e. The Morgan fingerprint density at radius 1 is 1.25 bits per heavy atom. The van der Waals surface area contributed by atoms with E-state index in [2.05, 4.69) is 42.5 Å². The first-order valence-electron chi connectivity index (χ1n) is 9.13. The van der Waals surface area contributed by atoms with Crippen LogP contribution in [0.2, 0.25) is 5.02 Å². The Morgan fingerprint density at radius 2 is 1.96 bits per heavy atom. The van der Waals surface area contributed by atoms with Crippen LogP contribution in [0.15, 0.2) is 71.6 Å². The van der Waals surface area contributed by atoms with Crippen molar-refractivity contribution in [1.82, 2.24) is 4.98 Å². The molecule has 2 aromatic rings. The highest BCUT2D eigenvalue weighted by atomic mass is 35.5. The largest absolute Gasteiger partial charge is 0.478 e. The second kappa shape index (κ2) is 11.9. The number of aliphatic imine (C=N–C) groups is 1. The lowest BCUT2D eigenvalue weighted by molar-refractivity contribution is -0.132. The molecule has 0 saturated heterocycles. The first-order chi connectivity index (χ1) is 13.3. The van der Waals surface area contributed by atoms with Crippen molar-refractivity contribution in [2.45, 2.75) is 40.5 Å². The minimum absolute atomic E-state index is 0.170. The van der Waals surface area contributed by atoms with Gasteiger partial charge in [-0.15, -0.1) is 0 Å². The number of aryl methyl sites for hydroxylation is 2. The van der Waals surface area contributed by atoms with E-state index in [-0.39, 0.29) is 5.57 Å². The van der Waals surface area contributed by atoms with E-state index in [9.17, 15) is 4.79 Å². The molecule has 148 valence electrons. The van der Waals surface area contributed by atoms with Gasteiger partial charge in [0.1, 0.15) is 0 Å². The van der Waals surface area contributed by atoms with E-state index in [1.165, 1.54) is 24.1 Å². The Bertz CT molecular complexity index is 871. The number of aromatic nitrogens is 1. The molecule has 1 N–H and O–H groups in total. The summed E-state index contributed by atoms with van der Waals surface area (Å²) in [5, 5.41) is 9.77. The summed E-state index contributed by atoms with van der Waals surface area (Å²) in [6, 6.07) is 9.92. The molecule has 1 heterocycles. The fraction of sp³-hybridized carbons (Fsp3) is 0.261. The highest BCUT2D eigenvalue weighted by molar-refractivity contribution is 6.31. The molecule has 0 bridgehead atoms. The lowest BCUT2D eigenvalue weighted by Crippen LogP contribution is -2.01. The zero-order chi connectivity index (χ0) is 21.1. The van der Waals surface area contributed by atoms with Crippen molar-refractivity contribution >= 4 is 23.3 Å². The molecule has 0 fully saturated rings. The molecule has 5 heteroatoms. The van der Waals surface area contributed by atoms with Gasteiger partial charge in [0.05, 0.1) is 11.3 Å². The maximum absolute atomic E-state index is 10.8. The van der Waals surface area contributed by atoms with Crippen molar-refractivity contribution in [2.75, 3.05) is 0 Å². The number of hydrogen-bond donors (Lipinski definition) is 1. The first-order valence-corrected chi connectivity index (χ1v) is 9.51. The average Bonchev–Trinajstić information content (AvgIpc) is 2.72. The number of carboxylic acids is 1. The minimum atomic E-state index is -0.998. The van der Waals surface area contributed by atoms with E-state index in [0.717, 1.165) is 23.4 Å². The normalized spacial score (nSPS) is 11.8. The summed E-state index contributed by atoms with van der Waals surface area (Å²) in [5.74, 6) is -0.998. The van der Waals surface area contributed by atoms with Crippen molar-refractivity contribution in [3.8, 4) is 0 Å². The molecule has 1 aromatic heterocycles. The molecule has 0 spiro atoms. The van der Waals surface area contributed by atoms with E-state index in [1.807, 2.05) is 12.1 Å². The second-order valence-electron chi connectivity index (χ2n) is 6.09. The van der Waals surface area contributed by atoms with Crippen LogP contribution in [0.1, 0.15) is 44.4 Å². The highest BCUT2D eigenvalue weighted by Gasteiger charge is 2.06. The number of hydrogen-bond acceptors (Lipinski definition) is 3. The Labute approximate surface area is 172 Å². The van der Waals surface area contributed by atoms with Gasteiger partial charge >= 0.3 is 5.97 Å². The van der Waals surface area contributed by atoms with Crippen LogP contribution < -0.4 is 0 Å². The Morgan fingerprint density at radius 3 is 2.46 bits per heavy atom. The fourth-order valence-electron chi connectivity index (χ4n) is 2.33.